The van der Waals surface area contributed by atoms with Crippen LogP contribution in [0, 0.1) is 0 Å². The zero-order valence-corrected chi connectivity index (χ0v) is 14.9. The van der Waals surface area contributed by atoms with Gasteiger partial charge in [-0.1, -0.05) is 0 Å². The minimum Gasteiger partial charge on any atom is -0.504 e. The van der Waals surface area contributed by atoms with E-state index in [1.54, 1.807) is 0 Å². The zero-order valence-electron chi connectivity index (χ0n) is 14.9. The molecule has 0 saturated carbocycles. The minimum atomic E-state index is -2.95. The van der Waals surface area contributed by atoms with Crippen LogP contribution in [0.2, 0.25) is 0 Å². The molecule has 1 aliphatic carbocycles. The van der Waals surface area contributed by atoms with E-state index in [2.05, 4.69) is 0 Å². The van der Waals surface area contributed by atoms with Gasteiger partial charge in [0.1, 0.15) is 0 Å². The summed E-state index contributed by atoms with van der Waals surface area (Å²) in [6.45, 7) is 2.81. The van der Waals surface area contributed by atoms with Crippen molar-refractivity contribution >= 4 is 28.7 Å². The molecule has 0 radical (unpaired) electrons. The molecule has 2 aromatic rings. The molecule has 3 N–H and O–H groups in total. The Hall–Kier alpha value is -3.40. The van der Waals surface area contributed by atoms with Crippen LogP contribution >= 0.6 is 0 Å². The highest BCUT2D eigenvalue weighted by atomic mass is 16.6. The normalized spacial score (nSPS) is 17.8. The molecule has 0 fully saturated rings. The Balaban J connectivity index is 2.42. The van der Waals surface area contributed by atoms with Crippen LogP contribution in [0.4, 0.5) is 0 Å². The monoisotopic (exact) mass is 392 g/mol. The average molecular weight is 392 g/mol. The van der Waals surface area contributed by atoms with Gasteiger partial charge in [-0.3, -0.25) is 9.59 Å². The van der Waals surface area contributed by atoms with E-state index in [9.17, 15) is 34.5 Å². The number of esters is 2. The summed E-state index contributed by atoms with van der Waals surface area (Å²) in [4.78, 5) is 49.7. The van der Waals surface area contributed by atoms with E-state index < -0.39 is 63.6 Å². The van der Waals surface area contributed by atoms with Gasteiger partial charge in [-0.15, -0.1) is 0 Å². The number of aromatic hydroxyl groups is 2. The van der Waals surface area contributed by atoms with Crippen LogP contribution in [0.5, 0.6) is 11.5 Å². The van der Waals surface area contributed by atoms with E-state index in [4.69, 9.17) is 13.9 Å². The van der Waals surface area contributed by atoms with Crippen molar-refractivity contribution in [3.05, 3.63) is 33.2 Å². The van der Waals surface area contributed by atoms with Crippen LogP contribution in [0.3, 0.4) is 0 Å². The van der Waals surface area contributed by atoms with Gasteiger partial charge in [-0.2, -0.15) is 0 Å². The smallest absolute Gasteiger partial charge is 0.351 e. The van der Waals surface area contributed by atoms with Gasteiger partial charge in [0.2, 0.25) is 11.5 Å². The second-order valence-electron chi connectivity index (χ2n) is 5.98. The Kier molecular flexibility index (Phi) is 4.59. The first kappa shape index (κ1) is 19.4. The van der Waals surface area contributed by atoms with Gasteiger partial charge in [-0.25, -0.2) is 9.59 Å². The molecule has 1 aromatic carbocycles. The maximum Gasteiger partial charge on any atom is 0.351 e. The number of rotatable bonds is 5. The van der Waals surface area contributed by atoms with Crippen LogP contribution in [-0.4, -0.2) is 46.3 Å². The van der Waals surface area contributed by atoms with E-state index >= 15 is 0 Å². The van der Waals surface area contributed by atoms with Crippen LogP contribution < -0.4 is 5.63 Å². The quantitative estimate of drug-likeness (QED) is 0.278. The number of carbonyl (C=O) groups excluding carboxylic acids is 3. The topological polar surface area (TPSA) is 161 Å². The summed E-state index contributed by atoms with van der Waals surface area (Å²) in [5.74, 6) is -5.07. The van der Waals surface area contributed by atoms with Crippen molar-refractivity contribution in [3.8, 4) is 11.5 Å². The van der Waals surface area contributed by atoms with Crippen LogP contribution in [-0.2, 0) is 31.1 Å². The molecule has 1 aromatic heterocycles. The van der Waals surface area contributed by atoms with Gasteiger partial charge >= 0.3 is 17.6 Å². The van der Waals surface area contributed by atoms with Crippen LogP contribution in [0.25, 0.3) is 11.0 Å². The van der Waals surface area contributed by atoms with Crippen LogP contribution in [0.1, 0.15) is 35.3 Å². The van der Waals surface area contributed by atoms with Gasteiger partial charge in [-0.05, 0) is 19.9 Å². The van der Waals surface area contributed by atoms with E-state index in [-0.39, 0.29) is 24.2 Å². The molecule has 1 heterocycles. The number of phenolic OH excluding ortho intramolecular Hbond substituents is 2. The fourth-order valence-corrected chi connectivity index (χ4v) is 3.22. The van der Waals surface area contributed by atoms with Crippen molar-refractivity contribution in [2.24, 2.45) is 0 Å². The lowest BCUT2D eigenvalue weighted by Gasteiger charge is -2.21. The molecule has 1 atom stereocenters. The average Bonchev–Trinajstić information content (AvgIpc) is 2.86. The second-order valence-corrected chi connectivity index (χ2v) is 5.98. The number of hydrogen-bond acceptors (Lipinski definition) is 10. The van der Waals surface area contributed by atoms with E-state index in [0.29, 0.717) is 0 Å². The number of aliphatic hydroxyl groups is 1. The minimum absolute atomic E-state index is 0.00800. The van der Waals surface area contributed by atoms with Gasteiger partial charge < -0.3 is 29.2 Å². The van der Waals surface area contributed by atoms with Crippen molar-refractivity contribution in [3.63, 3.8) is 0 Å². The summed E-state index contributed by atoms with van der Waals surface area (Å²) < 4.78 is 14.5. The number of ether oxygens (including phenoxy) is 2. The van der Waals surface area contributed by atoms with Crippen LogP contribution in [0.15, 0.2) is 15.3 Å². The highest BCUT2D eigenvalue weighted by Gasteiger charge is 2.56. The molecular formula is C18H16O10. The summed E-state index contributed by atoms with van der Waals surface area (Å²) >= 11 is 0. The lowest BCUT2D eigenvalue weighted by molar-refractivity contribution is -0.160. The lowest BCUT2D eigenvalue weighted by atomic mass is 9.90. The van der Waals surface area contributed by atoms with Crippen molar-refractivity contribution in [2.45, 2.75) is 25.9 Å². The first-order chi connectivity index (χ1) is 13.2. The summed E-state index contributed by atoms with van der Waals surface area (Å²) in [6.07, 6.45) is -0.697. The molecule has 0 amide bonds. The highest BCUT2D eigenvalue weighted by Crippen LogP contribution is 2.48. The summed E-state index contributed by atoms with van der Waals surface area (Å²) in [6, 6.07) is 0.828. The first-order valence-corrected chi connectivity index (χ1v) is 8.33. The maximum atomic E-state index is 12.9. The molecule has 10 heteroatoms. The Labute approximate surface area is 156 Å². The summed E-state index contributed by atoms with van der Waals surface area (Å²) in [5, 5.41) is 30.6. The Bertz CT molecular complexity index is 1080. The highest BCUT2D eigenvalue weighted by molar-refractivity contribution is 6.28. The van der Waals surface area contributed by atoms with Gasteiger partial charge in [0, 0.05) is 16.5 Å². The van der Waals surface area contributed by atoms with Crippen molar-refractivity contribution in [1.82, 2.24) is 0 Å². The van der Waals surface area contributed by atoms with Crippen molar-refractivity contribution in [2.75, 3.05) is 13.2 Å². The largest absolute Gasteiger partial charge is 0.504 e. The van der Waals surface area contributed by atoms with Crippen molar-refractivity contribution < 1.29 is 43.6 Å². The first-order valence-electron chi connectivity index (χ1n) is 8.33. The Morgan fingerprint density at radius 3 is 2.39 bits per heavy atom. The number of Topliss-reactive ketones (excluding diaryl/α,β-unsaturated/α-hetero) is 1. The Morgan fingerprint density at radius 2 is 1.79 bits per heavy atom. The number of ketones is 1. The number of benzene rings is 1. The molecule has 3 rings (SSSR count). The lowest BCUT2D eigenvalue weighted by Crippen LogP contribution is -2.43. The third kappa shape index (κ3) is 2.53. The summed E-state index contributed by atoms with van der Waals surface area (Å²) in [7, 11) is 0. The van der Waals surface area contributed by atoms with Gasteiger partial charge in [0.15, 0.2) is 11.3 Å². The zero-order chi connectivity index (χ0) is 20.8. The molecule has 0 bridgehead atoms. The molecule has 1 aliphatic rings. The second kappa shape index (κ2) is 6.64. The van der Waals surface area contributed by atoms with Crippen molar-refractivity contribution in [1.29, 1.82) is 0 Å². The summed E-state index contributed by atoms with van der Waals surface area (Å²) in [5.41, 5.74) is -6.13. The fraction of sp³-hybridized carbons (Fsp3) is 0.333. The fourth-order valence-electron chi connectivity index (χ4n) is 3.22. The molecular weight excluding hydrogens is 376 g/mol. The standard InChI is InChI=1S/C18H16O10/c1-3-26-10(20)6-8-12-11-7(15(22)18(12,25)17(24)27-4-2)5-9(19)13(21)14(11)28-16(8)23/h5,19,21,25H,3-4,6H2,1-2H3/t18-/m0/s1. The predicted octanol–water partition coefficient (Wildman–Crippen LogP) is 0.257. The third-order valence-electron chi connectivity index (χ3n) is 4.36. The Morgan fingerprint density at radius 1 is 1.14 bits per heavy atom. The number of carbonyl (C=O) groups is 3. The number of hydrogen-bond donors (Lipinski definition) is 3. The molecule has 148 valence electrons. The maximum absolute atomic E-state index is 12.9. The molecule has 0 unspecified atom stereocenters. The van der Waals surface area contributed by atoms with E-state index in [0.717, 1.165) is 6.07 Å². The van der Waals surface area contributed by atoms with Gasteiger partial charge in [0.05, 0.1) is 25.2 Å². The predicted molar refractivity (Wildman–Crippen MR) is 91.0 cm³/mol. The SMILES string of the molecule is CCOC(=O)Cc1c2c3c(cc(O)c(O)c3oc1=O)C(=O)[C@]2(O)C(=O)OCC. The molecule has 0 spiro atoms. The molecule has 28 heavy (non-hydrogen) atoms. The molecule has 0 aliphatic heterocycles. The van der Waals surface area contributed by atoms with E-state index in [1.165, 1.54) is 13.8 Å². The molecule has 10 nitrogen and oxygen atoms in total. The number of phenols is 2. The third-order valence-corrected chi connectivity index (χ3v) is 4.36. The molecule has 0 saturated heterocycles. The van der Waals surface area contributed by atoms with Gasteiger partial charge in [0.25, 0.3) is 5.60 Å². The van der Waals surface area contributed by atoms with E-state index in [1.807, 2.05) is 0 Å².